The van der Waals surface area contributed by atoms with Crippen LogP contribution < -0.4 is 4.74 Å². The van der Waals surface area contributed by atoms with Gasteiger partial charge in [-0.1, -0.05) is 42.5 Å². The van der Waals surface area contributed by atoms with Crippen LogP contribution in [0.3, 0.4) is 0 Å². The lowest BCUT2D eigenvalue weighted by atomic mass is 10.1. The smallest absolute Gasteiger partial charge is 0.133 e. The average molecular weight is 324 g/mol. The van der Waals surface area contributed by atoms with Gasteiger partial charge in [0.05, 0.1) is 3.57 Å². The van der Waals surface area contributed by atoms with Crippen LogP contribution in [-0.4, -0.2) is 0 Å². The first-order valence-corrected chi connectivity index (χ1v) is 6.31. The van der Waals surface area contributed by atoms with E-state index < -0.39 is 0 Å². The molecule has 0 aliphatic carbocycles. The number of benzene rings is 2. The molecule has 1 nitrogen and oxygen atoms in total. The zero-order valence-electron chi connectivity index (χ0n) is 9.06. The molecule has 0 aliphatic rings. The van der Waals surface area contributed by atoms with Gasteiger partial charge in [0.1, 0.15) is 11.9 Å². The van der Waals surface area contributed by atoms with Gasteiger partial charge in [0.2, 0.25) is 0 Å². The molecule has 1 unspecified atom stereocenters. The molecule has 0 saturated heterocycles. The number of rotatable bonds is 3. The third-order valence-corrected chi connectivity index (χ3v) is 3.30. The quantitative estimate of drug-likeness (QED) is 0.759. The predicted molar refractivity (Wildman–Crippen MR) is 74.6 cm³/mol. The van der Waals surface area contributed by atoms with Gasteiger partial charge < -0.3 is 4.74 Å². The van der Waals surface area contributed by atoms with Crippen molar-refractivity contribution in [3.63, 3.8) is 0 Å². The molecule has 82 valence electrons. The second kappa shape index (κ2) is 5.34. The van der Waals surface area contributed by atoms with E-state index in [-0.39, 0.29) is 6.10 Å². The first-order valence-electron chi connectivity index (χ1n) is 5.23. The van der Waals surface area contributed by atoms with Crippen LogP contribution in [-0.2, 0) is 0 Å². The highest BCUT2D eigenvalue weighted by atomic mass is 127. The van der Waals surface area contributed by atoms with E-state index in [1.807, 2.05) is 42.5 Å². The molecule has 0 amide bonds. The van der Waals surface area contributed by atoms with Crippen molar-refractivity contribution in [3.8, 4) is 5.75 Å². The Labute approximate surface area is 110 Å². The van der Waals surface area contributed by atoms with Crippen LogP contribution in [0.1, 0.15) is 18.6 Å². The van der Waals surface area contributed by atoms with E-state index in [9.17, 15) is 0 Å². The van der Waals surface area contributed by atoms with E-state index in [1.54, 1.807) is 0 Å². The number of halogens is 1. The minimum Gasteiger partial charge on any atom is -0.485 e. The van der Waals surface area contributed by atoms with Gasteiger partial charge in [0, 0.05) is 0 Å². The topological polar surface area (TPSA) is 9.23 Å². The van der Waals surface area contributed by atoms with Crippen molar-refractivity contribution in [2.24, 2.45) is 0 Å². The van der Waals surface area contributed by atoms with Crippen LogP contribution in [0.4, 0.5) is 0 Å². The Hall–Kier alpha value is -1.03. The van der Waals surface area contributed by atoms with E-state index in [0.29, 0.717) is 0 Å². The zero-order chi connectivity index (χ0) is 11.4. The number of ether oxygens (including phenoxy) is 1. The Morgan fingerprint density at radius 1 is 0.938 bits per heavy atom. The number of hydrogen-bond donors (Lipinski definition) is 0. The first-order chi connectivity index (χ1) is 7.77. The van der Waals surface area contributed by atoms with E-state index in [1.165, 1.54) is 5.56 Å². The summed E-state index contributed by atoms with van der Waals surface area (Å²) >= 11 is 2.29. The van der Waals surface area contributed by atoms with E-state index in [0.717, 1.165) is 9.32 Å². The summed E-state index contributed by atoms with van der Waals surface area (Å²) in [6.45, 7) is 2.07. The van der Waals surface area contributed by atoms with E-state index in [4.69, 9.17) is 4.74 Å². The Balaban J connectivity index is 2.14. The molecule has 0 radical (unpaired) electrons. The summed E-state index contributed by atoms with van der Waals surface area (Å²) in [6, 6.07) is 18.3. The summed E-state index contributed by atoms with van der Waals surface area (Å²) in [6.07, 6.45) is 0.0807. The molecule has 0 saturated carbocycles. The van der Waals surface area contributed by atoms with Crippen molar-refractivity contribution in [1.82, 2.24) is 0 Å². The monoisotopic (exact) mass is 324 g/mol. The lowest BCUT2D eigenvalue weighted by Gasteiger charge is -2.15. The molecule has 2 heteroatoms. The Kier molecular flexibility index (Phi) is 3.83. The van der Waals surface area contributed by atoms with Crippen molar-refractivity contribution >= 4 is 22.6 Å². The molecule has 16 heavy (non-hydrogen) atoms. The van der Waals surface area contributed by atoms with Gasteiger partial charge in [0.15, 0.2) is 0 Å². The molecule has 0 aromatic heterocycles. The van der Waals surface area contributed by atoms with Gasteiger partial charge in [0.25, 0.3) is 0 Å². The SMILES string of the molecule is CC(Oc1ccccc1I)c1ccccc1. The summed E-state index contributed by atoms with van der Waals surface area (Å²) < 4.78 is 7.07. The van der Waals surface area contributed by atoms with Gasteiger partial charge in [-0.05, 0) is 47.2 Å². The maximum atomic E-state index is 5.92. The van der Waals surface area contributed by atoms with Gasteiger partial charge in [-0.25, -0.2) is 0 Å². The summed E-state index contributed by atoms with van der Waals surface area (Å²) in [5.41, 5.74) is 1.20. The third-order valence-electron chi connectivity index (χ3n) is 2.41. The highest BCUT2D eigenvalue weighted by Crippen LogP contribution is 2.25. The normalized spacial score (nSPS) is 12.1. The molecule has 2 aromatic rings. The highest BCUT2D eigenvalue weighted by molar-refractivity contribution is 14.1. The molecule has 0 bridgehead atoms. The molecule has 2 aromatic carbocycles. The Morgan fingerprint density at radius 2 is 1.56 bits per heavy atom. The van der Waals surface area contributed by atoms with Crippen molar-refractivity contribution in [2.45, 2.75) is 13.0 Å². The van der Waals surface area contributed by atoms with Gasteiger partial charge in [-0.15, -0.1) is 0 Å². The molecule has 0 spiro atoms. The fourth-order valence-electron chi connectivity index (χ4n) is 1.52. The van der Waals surface area contributed by atoms with Gasteiger partial charge in [-0.2, -0.15) is 0 Å². The maximum Gasteiger partial charge on any atom is 0.133 e. The van der Waals surface area contributed by atoms with Gasteiger partial charge in [-0.3, -0.25) is 0 Å². The molecule has 1 atom stereocenters. The van der Waals surface area contributed by atoms with Crippen LogP contribution in [0.2, 0.25) is 0 Å². The first kappa shape index (κ1) is 11.5. The lowest BCUT2D eigenvalue weighted by Crippen LogP contribution is -2.03. The van der Waals surface area contributed by atoms with E-state index >= 15 is 0 Å². The average Bonchev–Trinajstić information content (AvgIpc) is 2.33. The van der Waals surface area contributed by atoms with E-state index in [2.05, 4.69) is 41.6 Å². The molecule has 0 aliphatic heterocycles. The maximum absolute atomic E-state index is 5.92. The van der Waals surface area contributed by atoms with Crippen molar-refractivity contribution in [2.75, 3.05) is 0 Å². The minimum atomic E-state index is 0.0807. The molecular formula is C14H13IO. The number of para-hydroxylation sites is 1. The fraction of sp³-hybridized carbons (Fsp3) is 0.143. The summed E-state index contributed by atoms with van der Waals surface area (Å²) in [4.78, 5) is 0. The summed E-state index contributed by atoms with van der Waals surface area (Å²) in [7, 11) is 0. The van der Waals surface area contributed by atoms with Crippen LogP contribution in [0, 0.1) is 3.57 Å². The number of hydrogen-bond acceptors (Lipinski definition) is 1. The van der Waals surface area contributed by atoms with Crippen LogP contribution in [0.5, 0.6) is 5.75 Å². The predicted octanol–water partition coefficient (Wildman–Crippen LogP) is 4.43. The molecule has 0 fully saturated rings. The fourth-order valence-corrected chi connectivity index (χ4v) is 2.04. The van der Waals surface area contributed by atoms with Crippen LogP contribution >= 0.6 is 22.6 Å². The second-order valence-electron chi connectivity index (χ2n) is 3.60. The third kappa shape index (κ3) is 2.76. The largest absolute Gasteiger partial charge is 0.485 e. The molecule has 0 heterocycles. The Morgan fingerprint density at radius 3 is 2.25 bits per heavy atom. The Bertz CT molecular complexity index is 453. The molecule has 0 N–H and O–H groups in total. The lowest BCUT2D eigenvalue weighted by molar-refractivity contribution is 0.225. The van der Waals surface area contributed by atoms with Gasteiger partial charge >= 0.3 is 0 Å². The molecular weight excluding hydrogens is 311 g/mol. The van der Waals surface area contributed by atoms with Crippen molar-refractivity contribution in [1.29, 1.82) is 0 Å². The van der Waals surface area contributed by atoms with Crippen LogP contribution in [0.25, 0.3) is 0 Å². The zero-order valence-corrected chi connectivity index (χ0v) is 11.2. The standard InChI is InChI=1S/C14H13IO/c1-11(12-7-3-2-4-8-12)16-14-10-6-5-9-13(14)15/h2-11H,1H3. The van der Waals surface area contributed by atoms with Crippen molar-refractivity contribution < 1.29 is 4.74 Å². The summed E-state index contributed by atoms with van der Waals surface area (Å²) in [5, 5.41) is 0. The van der Waals surface area contributed by atoms with Crippen molar-refractivity contribution in [3.05, 3.63) is 63.7 Å². The van der Waals surface area contributed by atoms with Crippen LogP contribution in [0.15, 0.2) is 54.6 Å². The highest BCUT2D eigenvalue weighted by Gasteiger charge is 2.07. The molecule has 2 rings (SSSR count). The summed E-state index contributed by atoms with van der Waals surface area (Å²) in [5.74, 6) is 0.944. The minimum absolute atomic E-state index is 0.0807. The second-order valence-corrected chi connectivity index (χ2v) is 4.76.